The molecule has 0 spiro atoms. The maximum Gasteiger partial charge on any atom is 0.490 e. The van der Waals surface area contributed by atoms with Gasteiger partial charge in [0.05, 0.1) is 5.69 Å². The highest BCUT2D eigenvalue weighted by Crippen LogP contribution is 2.25. The van der Waals surface area contributed by atoms with Crippen LogP contribution < -0.4 is 4.90 Å². The molecule has 7 nitrogen and oxygen atoms in total. The van der Waals surface area contributed by atoms with Crippen LogP contribution in [0.4, 0.5) is 19.0 Å². The molecular weight excluding hydrogens is 377 g/mol. The Morgan fingerprint density at radius 2 is 1.89 bits per heavy atom. The van der Waals surface area contributed by atoms with Gasteiger partial charge in [0.2, 0.25) is 0 Å². The van der Waals surface area contributed by atoms with E-state index in [-0.39, 0.29) is 0 Å². The normalized spacial score (nSPS) is 18.5. The van der Waals surface area contributed by atoms with E-state index < -0.39 is 12.1 Å². The van der Waals surface area contributed by atoms with E-state index in [1.807, 2.05) is 0 Å². The van der Waals surface area contributed by atoms with Crippen molar-refractivity contribution in [1.29, 1.82) is 0 Å². The summed E-state index contributed by atoms with van der Waals surface area (Å²) in [6, 6.07) is 0.688. The molecule has 28 heavy (non-hydrogen) atoms. The van der Waals surface area contributed by atoms with Crippen LogP contribution in [0.2, 0.25) is 0 Å². The Morgan fingerprint density at radius 1 is 1.29 bits per heavy atom. The van der Waals surface area contributed by atoms with Crippen molar-refractivity contribution >= 4 is 11.8 Å². The number of aliphatic carboxylic acids is 1. The molecule has 2 aliphatic heterocycles. The average Bonchev–Trinajstić information content (AvgIpc) is 2.90. The van der Waals surface area contributed by atoms with Crippen LogP contribution in [0.1, 0.15) is 31.0 Å². The molecular formula is C18H27F3N4O3. The predicted octanol–water partition coefficient (Wildman–Crippen LogP) is 2.15. The number of nitrogens with zero attached hydrogens (tertiary/aromatic N) is 4. The van der Waals surface area contributed by atoms with E-state index in [0.717, 1.165) is 51.5 Å². The van der Waals surface area contributed by atoms with Crippen LogP contribution in [-0.4, -0.2) is 78.1 Å². The quantitative estimate of drug-likeness (QED) is 0.827. The van der Waals surface area contributed by atoms with Gasteiger partial charge in [-0.1, -0.05) is 0 Å². The zero-order chi connectivity index (χ0) is 20.7. The predicted molar refractivity (Wildman–Crippen MR) is 97.5 cm³/mol. The summed E-state index contributed by atoms with van der Waals surface area (Å²) in [6.45, 7) is 7.21. The SMILES string of the molecule is CCN(C)c1ncnc2c1CCN(C1CCOCC1)CC2.O=C(O)C(F)(F)F. The number of carboxylic acids is 1. The zero-order valence-electron chi connectivity index (χ0n) is 16.2. The summed E-state index contributed by atoms with van der Waals surface area (Å²) in [5.74, 6) is -1.64. The Balaban J connectivity index is 0.000000345. The molecule has 0 aromatic carbocycles. The Labute approximate surface area is 162 Å². The second kappa shape index (κ2) is 10.0. The molecule has 0 aliphatic carbocycles. The number of carbonyl (C=O) groups is 1. The lowest BCUT2D eigenvalue weighted by atomic mass is 10.1. The largest absolute Gasteiger partial charge is 0.490 e. The van der Waals surface area contributed by atoms with Gasteiger partial charge in [0.15, 0.2) is 0 Å². The van der Waals surface area contributed by atoms with Crippen molar-refractivity contribution in [2.45, 2.75) is 44.8 Å². The molecule has 0 saturated carbocycles. The third kappa shape index (κ3) is 6.03. The second-order valence-electron chi connectivity index (χ2n) is 6.82. The van der Waals surface area contributed by atoms with Gasteiger partial charge in [-0.25, -0.2) is 14.8 Å². The van der Waals surface area contributed by atoms with Gasteiger partial charge in [0.25, 0.3) is 0 Å². The van der Waals surface area contributed by atoms with Gasteiger partial charge in [-0.3, -0.25) is 4.90 Å². The van der Waals surface area contributed by atoms with Crippen molar-refractivity contribution in [3.63, 3.8) is 0 Å². The fraction of sp³-hybridized carbons (Fsp3) is 0.722. The first-order valence-corrected chi connectivity index (χ1v) is 9.39. The molecule has 1 aromatic heterocycles. The monoisotopic (exact) mass is 404 g/mol. The number of rotatable bonds is 3. The second-order valence-corrected chi connectivity index (χ2v) is 6.82. The van der Waals surface area contributed by atoms with Crippen LogP contribution in [0.5, 0.6) is 0 Å². The number of fused-ring (bicyclic) bond motifs is 1. The summed E-state index contributed by atoms with van der Waals surface area (Å²) < 4.78 is 37.2. The number of aromatic nitrogens is 2. The van der Waals surface area contributed by atoms with E-state index in [1.54, 1.807) is 6.33 Å². The molecule has 0 bridgehead atoms. The van der Waals surface area contributed by atoms with Crippen LogP contribution in [0.15, 0.2) is 6.33 Å². The molecule has 0 radical (unpaired) electrons. The molecule has 1 saturated heterocycles. The van der Waals surface area contributed by atoms with Gasteiger partial charge in [0.1, 0.15) is 12.1 Å². The third-order valence-electron chi connectivity index (χ3n) is 5.08. The Bertz CT molecular complexity index is 651. The smallest absolute Gasteiger partial charge is 0.475 e. The Hall–Kier alpha value is -1.94. The van der Waals surface area contributed by atoms with Crippen molar-refractivity contribution in [2.75, 3.05) is 44.8 Å². The van der Waals surface area contributed by atoms with Crippen LogP contribution in [0.3, 0.4) is 0 Å². The molecule has 0 unspecified atom stereocenters. The minimum absolute atomic E-state index is 0.688. The highest BCUT2D eigenvalue weighted by Gasteiger charge is 2.38. The van der Waals surface area contributed by atoms with Gasteiger partial charge in [-0.2, -0.15) is 13.2 Å². The number of hydrogen-bond donors (Lipinski definition) is 1. The molecule has 10 heteroatoms. The fourth-order valence-corrected chi connectivity index (χ4v) is 3.42. The first-order valence-electron chi connectivity index (χ1n) is 9.39. The van der Waals surface area contributed by atoms with Gasteiger partial charge in [-0.15, -0.1) is 0 Å². The number of alkyl halides is 3. The van der Waals surface area contributed by atoms with Crippen LogP contribution in [0, 0.1) is 0 Å². The number of hydrogen-bond acceptors (Lipinski definition) is 6. The van der Waals surface area contributed by atoms with E-state index in [9.17, 15) is 13.2 Å². The van der Waals surface area contributed by atoms with Crippen molar-refractivity contribution in [2.24, 2.45) is 0 Å². The average molecular weight is 404 g/mol. The number of carboxylic acid groups (broad SMARTS) is 1. The molecule has 3 rings (SSSR count). The first kappa shape index (κ1) is 22.4. The van der Waals surface area contributed by atoms with Crippen molar-refractivity contribution < 1.29 is 27.8 Å². The van der Waals surface area contributed by atoms with E-state index in [4.69, 9.17) is 14.6 Å². The molecule has 1 aromatic rings. The van der Waals surface area contributed by atoms with Gasteiger partial charge in [0, 0.05) is 57.9 Å². The van der Waals surface area contributed by atoms with Gasteiger partial charge >= 0.3 is 12.1 Å². The lowest BCUT2D eigenvalue weighted by Crippen LogP contribution is -2.40. The number of anilines is 1. The standard InChI is InChI=1S/C16H26N4O.C2HF3O2/c1-3-19(2)16-14-4-8-20(13-6-10-21-11-7-13)9-5-15(14)17-12-18-16;3-2(4,5)1(6)7/h12-13H,3-11H2,1-2H3;(H,6,7). The zero-order valence-corrected chi connectivity index (χ0v) is 16.2. The minimum atomic E-state index is -5.08. The molecule has 3 heterocycles. The molecule has 1 fully saturated rings. The highest BCUT2D eigenvalue weighted by atomic mass is 19.4. The minimum Gasteiger partial charge on any atom is -0.475 e. The molecule has 0 atom stereocenters. The maximum atomic E-state index is 10.6. The van der Waals surface area contributed by atoms with Crippen molar-refractivity contribution in [3.05, 3.63) is 17.6 Å². The van der Waals surface area contributed by atoms with Crippen molar-refractivity contribution in [1.82, 2.24) is 14.9 Å². The number of halogens is 3. The summed E-state index contributed by atoms with van der Waals surface area (Å²) in [7, 11) is 2.11. The van der Waals surface area contributed by atoms with Crippen LogP contribution in [-0.2, 0) is 22.4 Å². The summed E-state index contributed by atoms with van der Waals surface area (Å²) in [6.07, 6.45) is 1.09. The van der Waals surface area contributed by atoms with Crippen LogP contribution in [0.25, 0.3) is 0 Å². The van der Waals surface area contributed by atoms with Crippen LogP contribution >= 0.6 is 0 Å². The molecule has 2 aliphatic rings. The fourth-order valence-electron chi connectivity index (χ4n) is 3.42. The first-order chi connectivity index (χ1) is 13.2. The molecule has 0 amide bonds. The Kier molecular flexibility index (Phi) is 7.99. The van der Waals surface area contributed by atoms with E-state index >= 15 is 0 Å². The lowest BCUT2D eigenvalue weighted by Gasteiger charge is -2.33. The van der Waals surface area contributed by atoms with E-state index in [0.29, 0.717) is 6.04 Å². The summed E-state index contributed by atoms with van der Waals surface area (Å²) in [5.41, 5.74) is 2.60. The molecule has 1 N–H and O–H groups in total. The number of ether oxygens (including phenoxy) is 1. The summed E-state index contributed by atoms with van der Waals surface area (Å²) >= 11 is 0. The van der Waals surface area contributed by atoms with E-state index in [2.05, 4.69) is 33.7 Å². The summed E-state index contributed by atoms with van der Waals surface area (Å²) in [5, 5.41) is 7.12. The molecule has 158 valence electrons. The van der Waals surface area contributed by atoms with Gasteiger partial charge < -0.3 is 14.7 Å². The Morgan fingerprint density at radius 3 is 2.46 bits per heavy atom. The third-order valence-corrected chi connectivity index (χ3v) is 5.08. The maximum absolute atomic E-state index is 10.6. The summed E-state index contributed by atoms with van der Waals surface area (Å²) in [4.78, 5) is 22.8. The highest BCUT2D eigenvalue weighted by molar-refractivity contribution is 5.73. The van der Waals surface area contributed by atoms with E-state index in [1.165, 1.54) is 24.1 Å². The lowest BCUT2D eigenvalue weighted by molar-refractivity contribution is -0.192. The van der Waals surface area contributed by atoms with Crippen molar-refractivity contribution in [3.8, 4) is 0 Å². The van der Waals surface area contributed by atoms with Gasteiger partial charge in [-0.05, 0) is 26.2 Å². The topological polar surface area (TPSA) is 78.8 Å².